The average Bonchev–Trinajstić information content (AvgIpc) is 2.04. The van der Waals surface area contributed by atoms with Crippen molar-refractivity contribution in [3.05, 3.63) is 24.1 Å². The Morgan fingerprint density at radius 2 is 1.90 bits per heavy atom. The van der Waals surface area contributed by atoms with E-state index in [1.54, 1.807) is 13.0 Å². The lowest BCUT2D eigenvalue weighted by atomic mass is 10.4. The Morgan fingerprint density at radius 3 is 2.20 bits per heavy atom. The minimum atomic E-state index is -0.160. The molecular weight excluding hydrogens is 127 g/mol. The molecule has 0 N–H and O–H groups in total. The molecule has 0 aliphatic rings. The molecule has 0 bridgehead atoms. The van der Waals surface area contributed by atoms with Crippen molar-refractivity contribution in [1.29, 1.82) is 0 Å². The number of halogens is 1. The maximum absolute atomic E-state index is 12.1. The molecule has 0 fully saturated rings. The van der Waals surface area contributed by atoms with E-state index in [-0.39, 0.29) is 5.83 Å². The first kappa shape index (κ1) is 12.1. The molecule has 60 valence electrons. The number of allylic oxidation sites excluding steroid dienone is 4. The van der Waals surface area contributed by atoms with Crippen LogP contribution in [0, 0.1) is 0 Å². The molecule has 0 atom stereocenters. The van der Waals surface area contributed by atoms with Gasteiger partial charge in [-0.3, -0.25) is 0 Å². The number of hydrogen-bond acceptors (Lipinski definition) is 0. The van der Waals surface area contributed by atoms with Gasteiger partial charge in [0.1, 0.15) is 5.83 Å². The first-order chi connectivity index (χ1) is 4.81. The molecule has 10 heavy (non-hydrogen) atoms. The summed E-state index contributed by atoms with van der Waals surface area (Å²) in [6.07, 6.45) is 5.59. The van der Waals surface area contributed by atoms with E-state index in [1.165, 1.54) is 12.2 Å². The Morgan fingerprint density at radius 1 is 1.40 bits per heavy atom. The van der Waals surface area contributed by atoms with E-state index >= 15 is 0 Å². The highest BCUT2D eigenvalue weighted by atomic mass is 19.1. The second-order valence-corrected chi connectivity index (χ2v) is 1.48. The molecule has 1 heteroatoms. The molecule has 0 aromatic rings. The minimum Gasteiger partial charge on any atom is -0.207 e. The van der Waals surface area contributed by atoms with Crippen LogP contribution in [0.25, 0.3) is 0 Å². The van der Waals surface area contributed by atoms with Crippen LogP contribution in [0.5, 0.6) is 0 Å². The maximum atomic E-state index is 12.1. The quantitative estimate of drug-likeness (QED) is 0.516. The predicted octanol–water partition coefficient (Wildman–Crippen LogP) is 3.85. The highest BCUT2D eigenvalue weighted by molar-refractivity contribution is 5.08. The van der Waals surface area contributed by atoms with Gasteiger partial charge in [-0.05, 0) is 19.4 Å². The van der Waals surface area contributed by atoms with Crippen molar-refractivity contribution < 1.29 is 4.39 Å². The monoisotopic (exact) mass is 144 g/mol. The molecule has 0 aliphatic carbocycles. The second-order valence-electron chi connectivity index (χ2n) is 1.48. The summed E-state index contributed by atoms with van der Waals surface area (Å²) in [7, 11) is 0. The zero-order chi connectivity index (χ0) is 8.41. The Labute approximate surface area is 63.5 Å². The fourth-order valence-electron chi connectivity index (χ4n) is 0.327. The third-order valence-corrected chi connectivity index (χ3v) is 0.789. The minimum absolute atomic E-state index is 0.160. The van der Waals surface area contributed by atoms with Gasteiger partial charge >= 0.3 is 0 Å². The van der Waals surface area contributed by atoms with Gasteiger partial charge < -0.3 is 0 Å². The van der Waals surface area contributed by atoms with Gasteiger partial charge in [0.2, 0.25) is 0 Å². The maximum Gasteiger partial charge on any atom is 0.118 e. The standard InChI is InChI=1S/C7H11F.C2H6/c1-3-5-6-7(8)4-2;1-2/h4-6H,3H2,1-2H3;1-2H3/b6-5-,7-4+;. The number of rotatable bonds is 2. The third kappa shape index (κ3) is 10.4. The van der Waals surface area contributed by atoms with Crippen LogP contribution < -0.4 is 0 Å². The molecule has 0 heterocycles. The van der Waals surface area contributed by atoms with Gasteiger partial charge in [0.25, 0.3) is 0 Å². The smallest absolute Gasteiger partial charge is 0.118 e. The fraction of sp³-hybridized carbons (Fsp3) is 0.556. The SMILES string of the molecule is C/C=C(F)\C=C/CC.CC. The molecule has 0 unspecified atom stereocenters. The summed E-state index contributed by atoms with van der Waals surface area (Å²) in [5, 5.41) is 0. The normalized spacial score (nSPS) is 11.1. The molecule has 0 spiro atoms. The van der Waals surface area contributed by atoms with E-state index in [4.69, 9.17) is 0 Å². The van der Waals surface area contributed by atoms with Crippen molar-refractivity contribution in [3.8, 4) is 0 Å². The molecule has 0 radical (unpaired) electrons. The highest BCUT2D eigenvalue weighted by Gasteiger charge is 1.77. The summed E-state index contributed by atoms with van der Waals surface area (Å²) in [4.78, 5) is 0. The lowest BCUT2D eigenvalue weighted by Gasteiger charge is -1.79. The first-order valence-corrected chi connectivity index (χ1v) is 3.79. The van der Waals surface area contributed by atoms with E-state index in [0.717, 1.165) is 6.42 Å². The second kappa shape index (κ2) is 11.2. The van der Waals surface area contributed by atoms with Gasteiger partial charge in [-0.15, -0.1) is 0 Å². The predicted molar refractivity (Wildman–Crippen MR) is 45.6 cm³/mol. The summed E-state index contributed by atoms with van der Waals surface area (Å²) in [6.45, 7) is 7.65. The zero-order valence-electron chi connectivity index (χ0n) is 7.32. The summed E-state index contributed by atoms with van der Waals surface area (Å²) < 4.78 is 12.1. The van der Waals surface area contributed by atoms with E-state index in [0.29, 0.717) is 0 Å². The van der Waals surface area contributed by atoms with Crippen LogP contribution in [-0.2, 0) is 0 Å². The first-order valence-electron chi connectivity index (χ1n) is 3.79. The van der Waals surface area contributed by atoms with E-state index in [2.05, 4.69) is 0 Å². The van der Waals surface area contributed by atoms with Crippen LogP contribution in [0.2, 0.25) is 0 Å². The lowest BCUT2D eigenvalue weighted by Crippen LogP contribution is -1.60. The zero-order valence-corrected chi connectivity index (χ0v) is 7.32. The van der Waals surface area contributed by atoms with Crippen molar-refractivity contribution in [2.75, 3.05) is 0 Å². The van der Waals surface area contributed by atoms with Crippen LogP contribution in [0.1, 0.15) is 34.1 Å². The molecule has 0 saturated heterocycles. The van der Waals surface area contributed by atoms with Gasteiger partial charge in [-0.1, -0.05) is 32.9 Å². The molecule has 0 saturated carbocycles. The van der Waals surface area contributed by atoms with Crippen LogP contribution in [-0.4, -0.2) is 0 Å². The Balaban J connectivity index is 0. The Hall–Kier alpha value is -0.590. The Bertz CT molecular complexity index is 101. The highest BCUT2D eigenvalue weighted by Crippen LogP contribution is 1.97. The molecule has 0 aliphatic heterocycles. The average molecular weight is 144 g/mol. The molecule has 0 nitrogen and oxygen atoms in total. The van der Waals surface area contributed by atoms with Crippen molar-refractivity contribution in [1.82, 2.24) is 0 Å². The summed E-state index contributed by atoms with van der Waals surface area (Å²) in [6, 6.07) is 0. The van der Waals surface area contributed by atoms with Crippen LogP contribution in [0.3, 0.4) is 0 Å². The summed E-state index contributed by atoms with van der Waals surface area (Å²) >= 11 is 0. The Kier molecular flexibility index (Phi) is 13.6. The largest absolute Gasteiger partial charge is 0.207 e. The number of hydrogen-bond donors (Lipinski definition) is 0. The fourth-order valence-corrected chi connectivity index (χ4v) is 0.327. The van der Waals surface area contributed by atoms with Gasteiger partial charge in [-0.2, -0.15) is 0 Å². The molecule has 0 amide bonds. The van der Waals surface area contributed by atoms with Crippen molar-refractivity contribution in [3.63, 3.8) is 0 Å². The molecule has 0 aromatic heterocycles. The van der Waals surface area contributed by atoms with E-state index < -0.39 is 0 Å². The van der Waals surface area contributed by atoms with Gasteiger partial charge in [0, 0.05) is 0 Å². The van der Waals surface area contributed by atoms with Gasteiger partial charge in [0.05, 0.1) is 0 Å². The third-order valence-electron chi connectivity index (χ3n) is 0.789. The van der Waals surface area contributed by atoms with Crippen molar-refractivity contribution >= 4 is 0 Å². The van der Waals surface area contributed by atoms with Crippen LogP contribution in [0.15, 0.2) is 24.1 Å². The van der Waals surface area contributed by atoms with E-state index in [1.807, 2.05) is 20.8 Å². The molecule has 0 rings (SSSR count). The molecular formula is C9H17F. The summed E-state index contributed by atoms with van der Waals surface area (Å²) in [5.74, 6) is -0.160. The van der Waals surface area contributed by atoms with Crippen molar-refractivity contribution in [2.24, 2.45) is 0 Å². The van der Waals surface area contributed by atoms with Gasteiger partial charge in [0.15, 0.2) is 0 Å². The summed E-state index contributed by atoms with van der Waals surface area (Å²) in [5.41, 5.74) is 0. The van der Waals surface area contributed by atoms with Crippen LogP contribution in [0.4, 0.5) is 4.39 Å². The lowest BCUT2D eigenvalue weighted by molar-refractivity contribution is 0.664. The van der Waals surface area contributed by atoms with Gasteiger partial charge in [-0.25, -0.2) is 4.39 Å². The van der Waals surface area contributed by atoms with Crippen molar-refractivity contribution in [2.45, 2.75) is 34.1 Å². The van der Waals surface area contributed by atoms with E-state index in [9.17, 15) is 4.39 Å². The topological polar surface area (TPSA) is 0 Å². The van der Waals surface area contributed by atoms with Crippen LogP contribution >= 0.6 is 0 Å². The molecule has 0 aromatic carbocycles.